The lowest BCUT2D eigenvalue weighted by Crippen LogP contribution is -2.55. The van der Waals surface area contributed by atoms with E-state index in [1.807, 2.05) is 18.7 Å². The molecule has 2 amide bonds. The monoisotopic (exact) mass is 294 g/mol. The summed E-state index contributed by atoms with van der Waals surface area (Å²) in [6.45, 7) is 7.51. The zero-order chi connectivity index (χ0) is 15.5. The summed E-state index contributed by atoms with van der Waals surface area (Å²) in [6, 6.07) is 0. The third kappa shape index (κ3) is 3.78. The van der Waals surface area contributed by atoms with Crippen molar-refractivity contribution in [1.82, 2.24) is 10.2 Å². The van der Waals surface area contributed by atoms with Gasteiger partial charge in [0.25, 0.3) is 0 Å². The van der Waals surface area contributed by atoms with Crippen LogP contribution < -0.4 is 5.32 Å². The number of nitrogens with one attached hydrogen (secondary N) is 1. The fourth-order valence-electron chi connectivity index (χ4n) is 3.66. The molecule has 0 spiro atoms. The number of amides is 2. The summed E-state index contributed by atoms with van der Waals surface area (Å²) in [4.78, 5) is 26.5. The smallest absolute Gasteiger partial charge is 0.248 e. The van der Waals surface area contributed by atoms with Crippen LogP contribution in [0, 0.1) is 11.8 Å². The van der Waals surface area contributed by atoms with Crippen molar-refractivity contribution >= 4 is 11.8 Å². The van der Waals surface area contributed by atoms with Gasteiger partial charge in [-0.05, 0) is 38.0 Å². The largest absolute Gasteiger partial charge is 0.342 e. The molecule has 1 unspecified atom stereocenters. The standard InChI is InChI=1S/C17H30N2O2/c1-4-13-6-8-14(9-7-13)12-19-11-10-15(20)18-17(3,5-2)16(19)21/h13-14H,4-12H2,1-3H3,(H,18,20). The molecule has 0 aromatic carbocycles. The minimum atomic E-state index is -0.714. The first-order chi connectivity index (χ1) is 9.98. The van der Waals surface area contributed by atoms with Crippen LogP contribution in [0.25, 0.3) is 0 Å². The number of hydrogen-bond acceptors (Lipinski definition) is 2. The van der Waals surface area contributed by atoms with E-state index >= 15 is 0 Å². The highest BCUT2D eigenvalue weighted by Gasteiger charge is 2.39. The minimum absolute atomic E-state index is 0.00453. The Morgan fingerprint density at radius 1 is 1.14 bits per heavy atom. The van der Waals surface area contributed by atoms with Gasteiger partial charge in [-0.25, -0.2) is 0 Å². The van der Waals surface area contributed by atoms with Gasteiger partial charge in [0.15, 0.2) is 0 Å². The summed E-state index contributed by atoms with van der Waals surface area (Å²) in [7, 11) is 0. The molecule has 120 valence electrons. The molecule has 1 atom stereocenters. The van der Waals surface area contributed by atoms with E-state index in [9.17, 15) is 9.59 Å². The van der Waals surface area contributed by atoms with Crippen molar-refractivity contribution in [3.05, 3.63) is 0 Å². The number of rotatable bonds is 4. The topological polar surface area (TPSA) is 49.4 Å². The number of carbonyl (C=O) groups is 2. The Morgan fingerprint density at radius 3 is 2.33 bits per heavy atom. The van der Waals surface area contributed by atoms with E-state index in [0.717, 1.165) is 12.5 Å². The SMILES string of the molecule is CCC1CCC(CN2CCC(=O)NC(C)(CC)C2=O)CC1. The van der Waals surface area contributed by atoms with Crippen molar-refractivity contribution in [2.45, 2.75) is 71.3 Å². The van der Waals surface area contributed by atoms with Crippen molar-refractivity contribution < 1.29 is 9.59 Å². The first-order valence-corrected chi connectivity index (χ1v) is 8.59. The van der Waals surface area contributed by atoms with E-state index in [2.05, 4.69) is 12.2 Å². The van der Waals surface area contributed by atoms with Gasteiger partial charge in [0, 0.05) is 19.5 Å². The van der Waals surface area contributed by atoms with Crippen LogP contribution in [-0.4, -0.2) is 35.3 Å². The zero-order valence-electron chi connectivity index (χ0n) is 13.8. The molecule has 0 aromatic rings. The van der Waals surface area contributed by atoms with Gasteiger partial charge < -0.3 is 10.2 Å². The maximum Gasteiger partial charge on any atom is 0.248 e. The second kappa shape index (κ2) is 6.80. The fourth-order valence-corrected chi connectivity index (χ4v) is 3.66. The Balaban J connectivity index is 1.98. The van der Waals surface area contributed by atoms with Gasteiger partial charge in [-0.2, -0.15) is 0 Å². The Hall–Kier alpha value is -1.06. The van der Waals surface area contributed by atoms with Crippen LogP contribution in [0.3, 0.4) is 0 Å². The molecule has 2 rings (SSSR count). The Kier molecular flexibility index (Phi) is 5.28. The van der Waals surface area contributed by atoms with Gasteiger partial charge in [0.1, 0.15) is 5.54 Å². The highest BCUT2D eigenvalue weighted by molar-refractivity contribution is 5.93. The van der Waals surface area contributed by atoms with Crippen molar-refractivity contribution in [2.75, 3.05) is 13.1 Å². The van der Waals surface area contributed by atoms with Gasteiger partial charge >= 0.3 is 0 Å². The molecular formula is C17H30N2O2. The average molecular weight is 294 g/mol. The van der Waals surface area contributed by atoms with E-state index in [-0.39, 0.29) is 11.8 Å². The Labute approximate surface area is 128 Å². The summed E-state index contributed by atoms with van der Waals surface area (Å²) in [6.07, 6.45) is 7.42. The van der Waals surface area contributed by atoms with Crippen LogP contribution in [0.4, 0.5) is 0 Å². The van der Waals surface area contributed by atoms with Crippen LogP contribution in [0.2, 0.25) is 0 Å². The predicted octanol–water partition coefficient (Wildman–Crippen LogP) is 2.72. The van der Waals surface area contributed by atoms with Crippen molar-refractivity contribution in [2.24, 2.45) is 11.8 Å². The van der Waals surface area contributed by atoms with Crippen molar-refractivity contribution in [3.63, 3.8) is 0 Å². The number of hydrogen-bond donors (Lipinski definition) is 1. The molecule has 21 heavy (non-hydrogen) atoms. The third-order valence-corrected chi connectivity index (χ3v) is 5.51. The van der Waals surface area contributed by atoms with Gasteiger partial charge in [0.05, 0.1) is 0 Å². The van der Waals surface area contributed by atoms with Gasteiger partial charge in [-0.3, -0.25) is 9.59 Å². The van der Waals surface area contributed by atoms with Crippen LogP contribution >= 0.6 is 0 Å². The summed E-state index contributed by atoms with van der Waals surface area (Å²) in [5, 5.41) is 2.91. The van der Waals surface area contributed by atoms with Crippen LogP contribution in [0.15, 0.2) is 0 Å². The molecule has 2 aliphatic rings. The molecule has 1 heterocycles. The Bertz CT molecular complexity index is 388. The summed E-state index contributed by atoms with van der Waals surface area (Å²) in [5.74, 6) is 1.61. The van der Waals surface area contributed by atoms with Crippen LogP contribution in [0.5, 0.6) is 0 Å². The molecular weight excluding hydrogens is 264 g/mol. The number of carbonyl (C=O) groups excluding carboxylic acids is 2. The van der Waals surface area contributed by atoms with Crippen LogP contribution in [0.1, 0.15) is 65.7 Å². The molecule has 0 aromatic heterocycles. The molecule has 1 aliphatic heterocycles. The van der Waals surface area contributed by atoms with Crippen LogP contribution in [-0.2, 0) is 9.59 Å². The molecule has 2 fully saturated rings. The minimum Gasteiger partial charge on any atom is -0.342 e. The predicted molar refractivity (Wildman–Crippen MR) is 83.8 cm³/mol. The molecule has 4 nitrogen and oxygen atoms in total. The third-order valence-electron chi connectivity index (χ3n) is 5.51. The Morgan fingerprint density at radius 2 is 1.76 bits per heavy atom. The maximum atomic E-state index is 12.7. The second-order valence-electron chi connectivity index (χ2n) is 7.03. The normalized spacial score (nSPS) is 34.5. The number of nitrogens with zero attached hydrogens (tertiary/aromatic N) is 1. The first kappa shape index (κ1) is 16.3. The highest BCUT2D eigenvalue weighted by atomic mass is 16.2. The lowest BCUT2D eigenvalue weighted by Gasteiger charge is -2.35. The quantitative estimate of drug-likeness (QED) is 0.866. The molecule has 1 saturated heterocycles. The summed E-state index contributed by atoms with van der Waals surface area (Å²) >= 11 is 0. The molecule has 1 saturated carbocycles. The van der Waals surface area contributed by atoms with Gasteiger partial charge in [-0.1, -0.05) is 33.1 Å². The lowest BCUT2D eigenvalue weighted by molar-refractivity contribution is -0.139. The van der Waals surface area contributed by atoms with E-state index in [4.69, 9.17) is 0 Å². The summed E-state index contributed by atoms with van der Waals surface area (Å²) < 4.78 is 0. The van der Waals surface area contributed by atoms with Crippen molar-refractivity contribution in [1.29, 1.82) is 0 Å². The molecule has 1 aliphatic carbocycles. The van der Waals surface area contributed by atoms with E-state index in [0.29, 0.717) is 25.3 Å². The van der Waals surface area contributed by atoms with Gasteiger partial charge in [-0.15, -0.1) is 0 Å². The molecule has 0 bridgehead atoms. The van der Waals surface area contributed by atoms with Gasteiger partial charge in [0.2, 0.25) is 11.8 Å². The maximum absolute atomic E-state index is 12.7. The van der Waals surface area contributed by atoms with E-state index in [1.165, 1.54) is 32.1 Å². The lowest BCUT2D eigenvalue weighted by atomic mass is 9.80. The van der Waals surface area contributed by atoms with E-state index < -0.39 is 5.54 Å². The van der Waals surface area contributed by atoms with E-state index in [1.54, 1.807) is 0 Å². The zero-order valence-corrected chi connectivity index (χ0v) is 13.8. The molecule has 4 heteroatoms. The first-order valence-electron chi connectivity index (χ1n) is 8.59. The second-order valence-corrected chi connectivity index (χ2v) is 7.03. The summed E-state index contributed by atoms with van der Waals surface area (Å²) in [5.41, 5.74) is -0.714. The average Bonchev–Trinajstić information content (AvgIpc) is 2.60. The fraction of sp³-hybridized carbons (Fsp3) is 0.882. The molecule has 1 N–H and O–H groups in total. The van der Waals surface area contributed by atoms with Crippen molar-refractivity contribution in [3.8, 4) is 0 Å². The highest BCUT2D eigenvalue weighted by Crippen LogP contribution is 2.31. The molecule has 0 radical (unpaired) electrons.